The maximum absolute atomic E-state index is 13.9. The molecule has 1 aliphatic carbocycles. The molecule has 2 aliphatic heterocycles. The van der Waals surface area contributed by atoms with Crippen LogP contribution in [0, 0.1) is 5.92 Å². The molecule has 3 aliphatic rings. The molecule has 10 heteroatoms. The maximum Gasteiger partial charge on any atom is 0.262 e. The lowest BCUT2D eigenvalue weighted by molar-refractivity contribution is -0.144. The molecular formula is C29H38N4O5S. The predicted octanol–water partition coefficient (Wildman–Crippen LogP) is 3.79. The summed E-state index contributed by atoms with van der Waals surface area (Å²) in [6.07, 6.45) is 4.54. The Balaban J connectivity index is 1.38. The van der Waals surface area contributed by atoms with E-state index in [4.69, 9.17) is 19.3 Å². The van der Waals surface area contributed by atoms with E-state index in [0.717, 1.165) is 61.5 Å². The first-order chi connectivity index (χ1) is 19.1. The Morgan fingerprint density at radius 3 is 2.56 bits per heavy atom. The molecular weight excluding hydrogens is 516 g/mol. The van der Waals surface area contributed by atoms with Crippen LogP contribution in [0.4, 0.5) is 0 Å². The van der Waals surface area contributed by atoms with Crippen molar-refractivity contribution >= 4 is 28.9 Å². The molecule has 210 valence electrons. The summed E-state index contributed by atoms with van der Waals surface area (Å²) in [5.41, 5.74) is 1.79. The summed E-state index contributed by atoms with van der Waals surface area (Å²) in [6, 6.07) is 9.46. The van der Waals surface area contributed by atoms with Crippen LogP contribution in [0.5, 0.6) is 11.5 Å². The summed E-state index contributed by atoms with van der Waals surface area (Å²) < 4.78 is 16.4. The Morgan fingerprint density at radius 2 is 1.87 bits per heavy atom. The number of carbonyl (C=O) groups excluding carboxylic acids is 2. The van der Waals surface area contributed by atoms with Crippen molar-refractivity contribution in [2.24, 2.45) is 11.0 Å². The quantitative estimate of drug-likeness (QED) is 0.444. The van der Waals surface area contributed by atoms with Crippen LogP contribution in [0.1, 0.15) is 48.6 Å². The maximum atomic E-state index is 13.9. The lowest BCUT2D eigenvalue weighted by atomic mass is 10.0. The van der Waals surface area contributed by atoms with Gasteiger partial charge in [0.05, 0.1) is 44.1 Å². The Kier molecular flexibility index (Phi) is 9.16. The van der Waals surface area contributed by atoms with Gasteiger partial charge in [0.15, 0.2) is 11.5 Å². The third-order valence-corrected chi connectivity index (χ3v) is 8.81. The van der Waals surface area contributed by atoms with E-state index in [1.54, 1.807) is 35.5 Å². The van der Waals surface area contributed by atoms with Gasteiger partial charge in [-0.3, -0.25) is 14.5 Å². The number of hydrogen-bond donors (Lipinski definition) is 0. The van der Waals surface area contributed by atoms with Crippen molar-refractivity contribution in [1.29, 1.82) is 0 Å². The average Bonchev–Trinajstić information content (AvgIpc) is 3.77. The normalized spacial score (nSPS) is 20.2. The first-order valence-electron chi connectivity index (χ1n) is 13.8. The molecule has 2 fully saturated rings. The Labute approximate surface area is 234 Å². The highest BCUT2D eigenvalue weighted by Crippen LogP contribution is 2.38. The van der Waals surface area contributed by atoms with Gasteiger partial charge >= 0.3 is 0 Å². The van der Waals surface area contributed by atoms with E-state index in [0.29, 0.717) is 37.7 Å². The topological polar surface area (TPSA) is 83.9 Å². The number of benzene rings is 1. The Morgan fingerprint density at radius 1 is 1.10 bits per heavy atom. The summed E-state index contributed by atoms with van der Waals surface area (Å²) >= 11 is 1.61. The minimum Gasteiger partial charge on any atom is -0.493 e. The fourth-order valence-electron chi connectivity index (χ4n) is 5.67. The molecule has 1 atom stereocenters. The number of nitrogens with zero attached hydrogens (tertiary/aromatic N) is 4. The second-order valence-corrected chi connectivity index (χ2v) is 11.2. The van der Waals surface area contributed by atoms with Crippen molar-refractivity contribution in [3.05, 3.63) is 46.2 Å². The SMILES string of the molecule is COc1ccc(C2CC(c3cccs3)=NN2C(=O)CN(CCN2CCOCC2)C(=O)C2CCCC2)cc1OC. The van der Waals surface area contributed by atoms with Crippen LogP contribution >= 0.6 is 11.3 Å². The molecule has 2 aromatic rings. The number of thiophene rings is 1. The third-order valence-electron chi connectivity index (χ3n) is 7.90. The van der Waals surface area contributed by atoms with E-state index >= 15 is 0 Å². The van der Waals surface area contributed by atoms with Gasteiger partial charge in [-0.25, -0.2) is 5.01 Å². The largest absolute Gasteiger partial charge is 0.493 e. The van der Waals surface area contributed by atoms with Gasteiger partial charge in [-0.2, -0.15) is 5.10 Å². The van der Waals surface area contributed by atoms with Crippen LogP contribution in [-0.4, -0.2) is 92.5 Å². The minimum atomic E-state index is -0.294. The number of ether oxygens (including phenoxy) is 3. The van der Waals surface area contributed by atoms with Crippen LogP contribution in [0.3, 0.4) is 0 Å². The summed E-state index contributed by atoms with van der Waals surface area (Å²) in [5, 5.41) is 8.42. The number of amides is 2. The van der Waals surface area contributed by atoms with Gasteiger partial charge in [0.2, 0.25) is 5.91 Å². The molecule has 3 heterocycles. The lowest BCUT2D eigenvalue weighted by Gasteiger charge is -2.32. The van der Waals surface area contributed by atoms with Crippen LogP contribution < -0.4 is 9.47 Å². The highest BCUT2D eigenvalue weighted by molar-refractivity contribution is 7.12. The Bertz CT molecular complexity index is 1160. The monoisotopic (exact) mass is 554 g/mol. The molecule has 1 unspecified atom stereocenters. The van der Waals surface area contributed by atoms with Gasteiger partial charge in [-0.05, 0) is 42.0 Å². The number of hydrazone groups is 1. The van der Waals surface area contributed by atoms with Crippen LogP contribution in [0.2, 0.25) is 0 Å². The third kappa shape index (κ3) is 6.45. The lowest BCUT2D eigenvalue weighted by Crippen LogP contribution is -2.47. The molecule has 1 saturated heterocycles. The van der Waals surface area contributed by atoms with Crippen molar-refractivity contribution in [3.8, 4) is 11.5 Å². The zero-order chi connectivity index (χ0) is 27.2. The molecule has 2 amide bonds. The average molecular weight is 555 g/mol. The van der Waals surface area contributed by atoms with Crippen molar-refractivity contribution in [2.45, 2.75) is 38.1 Å². The van der Waals surface area contributed by atoms with Gasteiger partial charge in [-0.1, -0.05) is 25.0 Å². The van der Waals surface area contributed by atoms with E-state index in [9.17, 15) is 9.59 Å². The number of rotatable bonds is 10. The molecule has 0 radical (unpaired) electrons. The summed E-state index contributed by atoms with van der Waals surface area (Å²) in [7, 11) is 3.21. The molecule has 1 aromatic heterocycles. The number of morpholine rings is 1. The van der Waals surface area contributed by atoms with Crippen molar-refractivity contribution in [3.63, 3.8) is 0 Å². The fourth-order valence-corrected chi connectivity index (χ4v) is 6.39. The van der Waals surface area contributed by atoms with Crippen molar-refractivity contribution in [1.82, 2.24) is 14.8 Å². The highest BCUT2D eigenvalue weighted by atomic mass is 32.1. The first-order valence-corrected chi connectivity index (χ1v) is 14.7. The molecule has 39 heavy (non-hydrogen) atoms. The molecule has 0 bridgehead atoms. The predicted molar refractivity (Wildman–Crippen MR) is 150 cm³/mol. The zero-order valence-corrected chi connectivity index (χ0v) is 23.7. The molecule has 9 nitrogen and oxygen atoms in total. The van der Waals surface area contributed by atoms with Crippen LogP contribution in [0.25, 0.3) is 0 Å². The highest BCUT2D eigenvalue weighted by Gasteiger charge is 2.36. The zero-order valence-electron chi connectivity index (χ0n) is 22.8. The first kappa shape index (κ1) is 27.6. The van der Waals surface area contributed by atoms with E-state index in [-0.39, 0.29) is 30.3 Å². The van der Waals surface area contributed by atoms with E-state index < -0.39 is 0 Å². The van der Waals surface area contributed by atoms with Gasteiger partial charge in [0, 0.05) is 38.5 Å². The van der Waals surface area contributed by atoms with E-state index in [2.05, 4.69) is 4.90 Å². The molecule has 1 aromatic carbocycles. The number of methoxy groups -OCH3 is 2. The van der Waals surface area contributed by atoms with Crippen LogP contribution in [0.15, 0.2) is 40.8 Å². The molecule has 5 rings (SSSR count). The van der Waals surface area contributed by atoms with E-state index in [1.807, 2.05) is 35.7 Å². The molecule has 1 saturated carbocycles. The van der Waals surface area contributed by atoms with Gasteiger partial charge in [0.1, 0.15) is 6.54 Å². The molecule has 0 N–H and O–H groups in total. The van der Waals surface area contributed by atoms with Crippen LogP contribution in [-0.2, 0) is 14.3 Å². The standard InChI is InChI=1S/C29H38N4O5S/c1-36-25-10-9-22(18-26(25)37-2)24-19-23(27-8-5-17-39-27)30-33(24)28(34)20-32(29(35)21-6-3-4-7-21)12-11-31-13-15-38-16-14-31/h5,8-10,17-18,21,24H,3-4,6-7,11-16,19-20H2,1-2H3. The van der Waals surface area contributed by atoms with Crippen molar-refractivity contribution in [2.75, 3.05) is 60.2 Å². The molecule has 0 spiro atoms. The minimum absolute atomic E-state index is 0.00731. The smallest absolute Gasteiger partial charge is 0.262 e. The summed E-state index contributed by atoms with van der Waals surface area (Å²) in [4.78, 5) is 32.6. The summed E-state index contributed by atoms with van der Waals surface area (Å²) in [6.45, 7) is 4.38. The fraction of sp³-hybridized carbons (Fsp3) is 0.552. The van der Waals surface area contributed by atoms with E-state index in [1.165, 1.54) is 0 Å². The second-order valence-electron chi connectivity index (χ2n) is 10.3. The van der Waals surface area contributed by atoms with Gasteiger partial charge in [-0.15, -0.1) is 11.3 Å². The Hall–Kier alpha value is -2.95. The van der Waals surface area contributed by atoms with Crippen molar-refractivity contribution < 1.29 is 23.8 Å². The van der Waals surface area contributed by atoms with Gasteiger partial charge in [0.25, 0.3) is 5.91 Å². The number of carbonyl (C=O) groups is 2. The number of hydrogen-bond acceptors (Lipinski definition) is 8. The van der Waals surface area contributed by atoms with Gasteiger partial charge < -0.3 is 19.1 Å². The second kappa shape index (κ2) is 12.9. The summed E-state index contributed by atoms with van der Waals surface area (Å²) in [5.74, 6) is 1.17.